The topological polar surface area (TPSA) is 29.1 Å². The van der Waals surface area contributed by atoms with Gasteiger partial charge in [0, 0.05) is 15.8 Å². The summed E-state index contributed by atoms with van der Waals surface area (Å²) in [5.41, 5.74) is 0.841. The molecule has 2 nitrogen and oxygen atoms in total. The van der Waals surface area contributed by atoms with E-state index in [0.29, 0.717) is 0 Å². The van der Waals surface area contributed by atoms with Gasteiger partial charge in [-0.1, -0.05) is 26.7 Å². The fourth-order valence-electron chi connectivity index (χ4n) is 2.06. The zero-order valence-corrected chi connectivity index (χ0v) is 13.0. The van der Waals surface area contributed by atoms with Crippen LogP contribution in [0.5, 0.6) is 0 Å². The third kappa shape index (κ3) is 4.81. The fraction of sp³-hybridized carbons (Fsp3) is 0.667. The Morgan fingerprint density at radius 1 is 1.28 bits per heavy atom. The smallest absolute Gasteiger partial charge is 0.252 e. The maximum absolute atomic E-state index is 12.1. The van der Waals surface area contributed by atoms with E-state index in [1.165, 1.54) is 17.7 Å². The van der Waals surface area contributed by atoms with E-state index in [0.717, 1.165) is 22.8 Å². The normalized spacial score (nSPS) is 12.8. The summed E-state index contributed by atoms with van der Waals surface area (Å²) in [6.07, 6.45) is 3.48. The second kappa shape index (κ2) is 6.93. The Bertz CT molecular complexity index is 395. The van der Waals surface area contributed by atoms with Crippen molar-refractivity contribution in [2.45, 2.75) is 59.9 Å². The molecule has 0 saturated carbocycles. The number of carbonyl (C=O) groups excluding carboxylic acids is 1. The van der Waals surface area contributed by atoms with Gasteiger partial charge in [-0.2, -0.15) is 0 Å². The molecule has 3 heteroatoms. The van der Waals surface area contributed by atoms with Crippen LogP contribution in [0.2, 0.25) is 0 Å². The van der Waals surface area contributed by atoms with Gasteiger partial charge in [-0.25, -0.2) is 0 Å². The van der Waals surface area contributed by atoms with Crippen LogP contribution in [0.1, 0.15) is 60.1 Å². The number of carbonyl (C=O) groups is 1. The van der Waals surface area contributed by atoms with Crippen molar-refractivity contribution in [1.29, 1.82) is 0 Å². The van der Waals surface area contributed by atoms with Crippen LogP contribution in [-0.2, 0) is 0 Å². The largest absolute Gasteiger partial charge is 0.350 e. The number of hydrogen-bond donors (Lipinski definition) is 1. The minimum absolute atomic E-state index is 0.0777. The van der Waals surface area contributed by atoms with Gasteiger partial charge in [-0.05, 0) is 39.2 Å². The van der Waals surface area contributed by atoms with Crippen molar-refractivity contribution >= 4 is 17.2 Å². The minimum atomic E-state index is 0.0777. The van der Waals surface area contributed by atoms with Gasteiger partial charge >= 0.3 is 0 Å². The van der Waals surface area contributed by atoms with Crippen LogP contribution in [-0.4, -0.2) is 11.9 Å². The molecule has 0 aliphatic heterocycles. The molecular formula is C15H25NOS. The van der Waals surface area contributed by atoms with E-state index in [1.807, 2.05) is 19.9 Å². The van der Waals surface area contributed by atoms with Crippen LogP contribution >= 0.6 is 11.3 Å². The van der Waals surface area contributed by atoms with Gasteiger partial charge in [-0.3, -0.25) is 4.79 Å². The summed E-state index contributed by atoms with van der Waals surface area (Å²) in [6.45, 7) is 10.6. The molecule has 0 aromatic carbocycles. The molecule has 1 amide bonds. The molecule has 0 aliphatic rings. The maximum Gasteiger partial charge on any atom is 0.252 e. The molecule has 0 fully saturated rings. The first-order valence-corrected chi connectivity index (χ1v) is 7.59. The molecule has 0 radical (unpaired) electrons. The highest BCUT2D eigenvalue weighted by Crippen LogP contribution is 2.20. The lowest BCUT2D eigenvalue weighted by molar-refractivity contribution is 0.0937. The quantitative estimate of drug-likeness (QED) is 0.817. The molecule has 1 aromatic heterocycles. The highest BCUT2D eigenvalue weighted by molar-refractivity contribution is 7.12. The van der Waals surface area contributed by atoms with Crippen LogP contribution in [0.4, 0.5) is 0 Å². The molecular weight excluding hydrogens is 242 g/mol. The van der Waals surface area contributed by atoms with Crippen molar-refractivity contribution in [2.24, 2.45) is 5.92 Å². The van der Waals surface area contributed by atoms with Gasteiger partial charge in [0.2, 0.25) is 0 Å². The Labute approximate surface area is 115 Å². The van der Waals surface area contributed by atoms with Crippen molar-refractivity contribution in [2.75, 3.05) is 0 Å². The van der Waals surface area contributed by atoms with Crippen LogP contribution in [0, 0.1) is 19.8 Å². The Morgan fingerprint density at radius 2 is 1.94 bits per heavy atom. The lowest BCUT2D eigenvalue weighted by Gasteiger charge is -2.14. The lowest BCUT2D eigenvalue weighted by Crippen LogP contribution is -2.32. The van der Waals surface area contributed by atoms with Gasteiger partial charge in [0.05, 0.1) is 5.56 Å². The van der Waals surface area contributed by atoms with Crippen molar-refractivity contribution in [3.05, 3.63) is 21.4 Å². The molecule has 0 saturated heterocycles. The third-order valence-electron chi connectivity index (χ3n) is 3.08. The van der Waals surface area contributed by atoms with Crippen LogP contribution in [0.15, 0.2) is 6.07 Å². The second-order valence-electron chi connectivity index (χ2n) is 5.53. The molecule has 0 aliphatic carbocycles. The van der Waals surface area contributed by atoms with Crippen LogP contribution in [0.25, 0.3) is 0 Å². The van der Waals surface area contributed by atoms with E-state index in [-0.39, 0.29) is 11.9 Å². The number of thiophene rings is 1. The summed E-state index contributed by atoms with van der Waals surface area (Å²) in [5, 5.41) is 3.09. The molecule has 0 bridgehead atoms. The first kappa shape index (κ1) is 15.2. The first-order valence-electron chi connectivity index (χ1n) is 6.78. The van der Waals surface area contributed by atoms with E-state index in [4.69, 9.17) is 0 Å². The highest BCUT2D eigenvalue weighted by Gasteiger charge is 2.14. The minimum Gasteiger partial charge on any atom is -0.350 e. The molecule has 1 N–H and O–H groups in total. The number of hydrogen-bond acceptors (Lipinski definition) is 2. The van der Waals surface area contributed by atoms with Crippen LogP contribution < -0.4 is 5.32 Å². The molecule has 1 aromatic rings. The summed E-state index contributed by atoms with van der Waals surface area (Å²) in [4.78, 5) is 14.4. The number of amides is 1. The summed E-state index contributed by atoms with van der Waals surface area (Å²) >= 11 is 1.69. The highest BCUT2D eigenvalue weighted by atomic mass is 32.1. The molecule has 1 atom stereocenters. The average molecular weight is 267 g/mol. The van der Waals surface area contributed by atoms with Gasteiger partial charge in [0.25, 0.3) is 5.91 Å². The van der Waals surface area contributed by atoms with Crippen molar-refractivity contribution in [1.82, 2.24) is 5.32 Å². The summed E-state index contributed by atoms with van der Waals surface area (Å²) < 4.78 is 0. The third-order valence-corrected chi connectivity index (χ3v) is 4.05. The Hall–Kier alpha value is -0.830. The van der Waals surface area contributed by atoms with Crippen molar-refractivity contribution < 1.29 is 4.79 Å². The van der Waals surface area contributed by atoms with Gasteiger partial charge in [-0.15, -0.1) is 11.3 Å². The molecule has 1 rings (SSSR count). The zero-order chi connectivity index (χ0) is 13.7. The van der Waals surface area contributed by atoms with E-state index >= 15 is 0 Å². The van der Waals surface area contributed by atoms with Gasteiger partial charge < -0.3 is 5.32 Å². The summed E-state index contributed by atoms with van der Waals surface area (Å²) in [6, 6.07) is 2.24. The lowest BCUT2D eigenvalue weighted by atomic mass is 10.0. The average Bonchev–Trinajstić information content (AvgIpc) is 2.57. The number of rotatable bonds is 6. The fourth-order valence-corrected chi connectivity index (χ4v) is 2.98. The number of aryl methyl sites for hydroxylation is 2. The van der Waals surface area contributed by atoms with E-state index in [2.05, 4.69) is 26.1 Å². The van der Waals surface area contributed by atoms with Crippen molar-refractivity contribution in [3.8, 4) is 0 Å². The summed E-state index contributed by atoms with van der Waals surface area (Å²) in [5.74, 6) is 0.823. The number of nitrogens with one attached hydrogen (secondary N) is 1. The second-order valence-corrected chi connectivity index (χ2v) is 6.99. The van der Waals surface area contributed by atoms with E-state index in [1.54, 1.807) is 11.3 Å². The predicted molar refractivity (Wildman–Crippen MR) is 79.4 cm³/mol. The monoisotopic (exact) mass is 267 g/mol. The Kier molecular flexibility index (Phi) is 5.86. The standard InChI is InChI=1S/C15H25NOS/c1-10(2)7-6-8-11(3)16-15(17)14-9-12(4)18-13(14)5/h9-11H,6-8H2,1-5H3,(H,16,17). The maximum atomic E-state index is 12.1. The van der Waals surface area contributed by atoms with Gasteiger partial charge in [0.1, 0.15) is 0 Å². The molecule has 102 valence electrons. The van der Waals surface area contributed by atoms with Crippen molar-refractivity contribution in [3.63, 3.8) is 0 Å². The molecule has 1 heterocycles. The van der Waals surface area contributed by atoms with E-state index in [9.17, 15) is 4.79 Å². The molecule has 18 heavy (non-hydrogen) atoms. The summed E-state index contributed by atoms with van der Waals surface area (Å²) in [7, 11) is 0. The zero-order valence-electron chi connectivity index (χ0n) is 12.2. The first-order chi connectivity index (χ1) is 8.40. The predicted octanol–water partition coefficient (Wildman–Crippen LogP) is 4.31. The SMILES string of the molecule is Cc1cc(C(=O)NC(C)CCCC(C)C)c(C)s1. The van der Waals surface area contributed by atoms with Gasteiger partial charge in [0.15, 0.2) is 0 Å². The molecule has 1 unspecified atom stereocenters. The van der Waals surface area contributed by atoms with E-state index < -0.39 is 0 Å². The van der Waals surface area contributed by atoms with Crippen LogP contribution in [0.3, 0.4) is 0 Å². The Balaban J connectivity index is 2.42. The Morgan fingerprint density at radius 3 is 2.44 bits per heavy atom. The molecule has 0 spiro atoms.